The number of rotatable bonds is 4. The molecule has 0 saturated heterocycles. The number of nitrogens with one attached hydrogen (secondary N) is 2. The lowest BCUT2D eigenvalue weighted by molar-refractivity contribution is 0.582. The zero-order valence-corrected chi connectivity index (χ0v) is 13.5. The quantitative estimate of drug-likeness (QED) is 0.833. The minimum atomic E-state index is -3.37. The molecule has 0 saturated carbocycles. The van der Waals surface area contributed by atoms with Gasteiger partial charge in [-0.3, -0.25) is 0 Å². The Morgan fingerprint density at radius 1 is 1.42 bits per heavy atom. The highest BCUT2D eigenvalue weighted by atomic mass is 35.5. The van der Waals surface area contributed by atoms with Gasteiger partial charge in [-0.25, -0.2) is 13.1 Å². The van der Waals surface area contributed by atoms with Gasteiger partial charge in [0.15, 0.2) is 0 Å². The SMILES string of the molecule is Cc1cc(S(=O)(=O)NCC2=CCNCC2)c(C)s1.Cl. The van der Waals surface area contributed by atoms with Crippen molar-refractivity contribution < 1.29 is 8.42 Å². The lowest BCUT2D eigenvalue weighted by atomic mass is 10.1. The summed E-state index contributed by atoms with van der Waals surface area (Å²) in [6.45, 7) is 5.93. The molecule has 1 aromatic heterocycles. The third kappa shape index (κ3) is 4.29. The molecule has 1 aliphatic heterocycles. The van der Waals surface area contributed by atoms with Crippen LogP contribution in [0.5, 0.6) is 0 Å². The molecule has 4 nitrogen and oxygen atoms in total. The van der Waals surface area contributed by atoms with Crippen molar-refractivity contribution in [2.24, 2.45) is 0 Å². The molecule has 0 aliphatic carbocycles. The van der Waals surface area contributed by atoms with Gasteiger partial charge >= 0.3 is 0 Å². The largest absolute Gasteiger partial charge is 0.313 e. The van der Waals surface area contributed by atoms with Gasteiger partial charge in [0.1, 0.15) is 0 Å². The van der Waals surface area contributed by atoms with E-state index in [1.165, 1.54) is 11.3 Å². The predicted molar refractivity (Wildman–Crippen MR) is 81.8 cm³/mol. The summed E-state index contributed by atoms with van der Waals surface area (Å²) in [7, 11) is -3.37. The molecule has 0 atom stereocenters. The summed E-state index contributed by atoms with van der Waals surface area (Å²) in [5, 5.41) is 3.20. The number of aryl methyl sites for hydroxylation is 2. The summed E-state index contributed by atoms with van der Waals surface area (Å²) in [5.41, 5.74) is 1.15. The molecular formula is C12H19ClN2O2S2. The van der Waals surface area contributed by atoms with Gasteiger partial charge in [-0.05, 0) is 32.9 Å². The van der Waals surface area contributed by atoms with E-state index in [4.69, 9.17) is 0 Å². The van der Waals surface area contributed by atoms with Crippen molar-refractivity contribution in [1.29, 1.82) is 0 Å². The Balaban J connectivity index is 0.00000180. The van der Waals surface area contributed by atoms with Gasteiger partial charge in [-0.2, -0.15) is 0 Å². The van der Waals surface area contributed by atoms with Crippen LogP contribution in [0.2, 0.25) is 0 Å². The second-order valence-corrected chi connectivity index (χ2v) is 7.61. The minimum absolute atomic E-state index is 0. The van der Waals surface area contributed by atoms with E-state index in [2.05, 4.69) is 16.1 Å². The predicted octanol–water partition coefficient (Wildman–Crippen LogP) is 1.98. The molecule has 108 valence electrons. The Labute approximate surface area is 124 Å². The second kappa shape index (κ2) is 6.85. The summed E-state index contributed by atoms with van der Waals surface area (Å²) < 4.78 is 27.0. The molecule has 0 fully saturated rings. The van der Waals surface area contributed by atoms with E-state index in [9.17, 15) is 8.42 Å². The van der Waals surface area contributed by atoms with Crippen LogP contribution in [-0.2, 0) is 10.0 Å². The molecule has 0 aromatic carbocycles. The van der Waals surface area contributed by atoms with E-state index >= 15 is 0 Å². The molecule has 1 aliphatic rings. The van der Waals surface area contributed by atoms with Crippen molar-refractivity contribution in [2.45, 2.75) is 25.2 Å². The Morgan fingerprint density at radius 3 is 2.68 bits per heavy atom. The minimum Gasteiger partial charge on any atom is -0.313 e. The van der Waals surface area contributed by atoms with Crippen molar-refractivity contribution in [3.05, 3.63) is 27.5 Å². The Kier molecular flexibility index (Phi) is 6.01. The van der Waals surface area contributed by atoms with Gasteiger partial charge < -0.3 is 5.32 Å². The van der Waals surface area contributed by atoms with Crippen LogP contribution >= 0.6 is 23.7 Å². The number of sulfonamides is 1. The van der Waals surface area contributed by atoms with E-state index in [0.29, 0.717) is 11.4 Å². The summed E-state index contributed by atoms with van der Waals surface area (Å²) in [6.07, 6.45) is 2.96. The lowest BCUT2D eigenvalue weighted by Gasteiger charge is -2.14. The fourth-order valence-electron chi connectivity index (χ4n) is 1.97. The van der Waals surface area contributed by atoms with Crippen LogP contribution in [0.1, 0.15) is 16.2 Å². The van der Waals surface area contributed by atoms with Crippen molar-refractivity contribution >= 4 is 33.8 Å². The average Bonchev–Trinajstić information content (AvgIpc) is 2.68. The third-order valence-electron chi connectivity index (χ3n) is 2.93. The normalized spacial score (nSPS) is 15.8. The van der Waals surface area contributed by atoms with Crippen molar-refractivity contribution in [3.63, 3.8) is 0 Å². The maximum atomic E-state index is 12.2. The first kappa shape index (κ1) is 16.7. The van der Waals surface area contributed by atoms with E-state index in [-0.39, 0.29) is 12.4 Å². The summed E-state index contributed by atoms with van der Waals surface area (Å²) in [4.78, 5) is 2.28. The van der Waals surface area contributed by atoms with E-state index in [0.717, 1.165) is 34.8 Å². The first-order chi connectivity index (χ1) is 8.49. The number of halogens is 1. The van der Waals surface area contributed by atoms with Crippen LogP contribution in [0.3, 0.4) is 0 Å². The van der Waals surface area contributed by atoms with Crippen LogP contribution in [0.4, 0.5) is 0 Å². The Morgan fingerprint density at radius 2 is 2.16 bits per heavy atom. The fourth-order valence-corrected chi connectivity index (χ4v) is 4.56. The van der Waals surface area contributed by atoms with Gasteiger partial charge in [0.2, 0.25) is 10.0 Å². The molecule has 0 radical (unpaired) electrons. The number of thiophene rings is 1. The first-order valence-corrected chi connectivity index (χ1v) is 8.24. The van der Waals surface area contributed by atoms with Crippen molar-refractivity contribution in [2.75, 3.05) is 19.6 Å². The van der Waals surface area contributed by atoms with Gasteiger partial charge in [0, 0.05) is 22.8 Å². The third-order valence-corrected chi connectivity index (χ3v) is 5.55. The molecule has 19 heavy (non-hydrogen) atoms. The van der Waals surface area contributed by atoms with E-state index in [1.807, 2.05) is 13.8 Å². The number of hydrogen-bond acceptors (Lipinski definition) is 4. The first-order valence-electron chi connectivity index (χ1n) is 5.94. The molecule has 1 aromatic rings. The molecular weight excluding hydrogens is 304 g/mol. The maximum absolute atomic E-state index is 12.2. The molecule has 7 heteroatoms. The molecule has 0 unspecified atom stereocenters. The highest BCUT2D eigenvalue weighted by Gasteiger charge is 2.19. The lowest BCUT2D eigenvalue weighted by Crippen LogP contribution is -2.29. The van der Waals surface area contributed by atoms with Crippen molar-refractivity contribution in [3.8, 4) is 0 Å². The van der Waals surface area contributed by atoms with Crippen LogP contribution in [0, 0.1) is 13.8 Å². The topological polar surface area (TPSA) is 58.2 Å². The summed E-state index contributed by atoms with van der Waals surface area (Å²) >= 11 is 1.51. The molecule has 0 amide bonds. The van der Waals surface area contributed by atoms with Gasteiger partial charge in [-0.15, -0.1) is 23.7 Å². The van der Waals surface area contributed by atoms with Gasteiger partial charge in [0.05, 0.1) is 4.90 Å². The molecule has 2 heterocycles. The van der Waals surface area contributed by atoms with Gasteiger partial charge in [0.25, 0.3) is 0 Å². The van der Waals surface area contributed by atoms with Crippen LogP contribution in [-0.4, -0.2) is 28.1 Å². The average molecular weight is 323 g/mol. The highest BCUT2D eigenvalue weighted by Crippen LogP contribution is 2.24. The van der Waals surface area contributed by atoms with Crippen LogP contribution in [0.25, 0.3) is 0 Å². The zero-order chi connectivity index (χ0) is 13.2. The highest BCUT2D eigenvalue weighted by molar-refractivity contribution is 7.89. The smallest absolute Gasteiger partial charge is 0.241 e. The van der Waals surface area contributed by atoms with E-state index in [1.54, 1.807) is 6.07 Å². The zero-order valence-electron chi connectivity index (χ0n) is 11.0. The molecule has 2 rings (SSSR count). The van der Waals surface area contributed by atoms with Crippen molar-refractivity contribution in [1.82, 2.24) is 10.0 Å². The fraction of sp³-hybridized carbons (Fsp3) is 0.500. The standard InChI is InChI=1S/C12H18N2O2S2.ClH/c1-9-7-12(10(2)17-9)18(15,16)14-8-11-3-5-13-6-4-11;/h3,7,13-14H,4-6,8H2,1-2H3;1H. The molecule has 0 bridgehead atoms. The molecule has 0 spiro atoms. The Hall–Kier alpha value is -0.400. The van der Waals surface area contributed by atoms with E-state index < -0.39 is 10.0 Å². The van der Waals surface area contributed by atoms with Gasteiger partial charge in [-0.1, -0.05) is 11.6 Å². The summed E-state index contributed by atoms with van der Waals surface area (Å²) in [6, 6.07) is 1.74. The Bertz CT molecular complexity index is 564. The number of hydrogen-bond donors (Lipinski definition) is 2. The maximum Gasteiger partial charge on any atom is 0.241 e. The van der Waals surface area contributed by atoms with Crippen LogP contribution in [0.15, 0.2) is 22.6 Å². The summed E-state index contributed by atoms with van der Waals surface area (Å²) in [5.74, 6) is 0. The monoisotopic (exact) mass is 322 g/mol. The van der Waals surface area contributed by atoms with Crippen LogP contribution < -0.4 is 10.0 Å². The second-order valence-electron chi connectivity index (χ2n) is 4.42. The molecule has 2 N–H and O–H groups in total.